The van der Waals surface area contributed by atoms with Gasteiger partial charge in [0, 0.05) is 64.2 Å². The molecule has 0 aromatic carbocycles. The van der Waals surface area contributed by atoms with Crippen molar-refractivity contribution in [3.63, 3.8) is 0 Å². The molecule has 0 unspecified atom stereocenters. The Kier molecular flexibility index (Phi) is 14.5. The van der Waals surface area contributed by atoms with Gasteiger partial charge in [-0.1, -0.05) is 0 Å². The Morgan fingerprint density at radius 1 is 0.600 bits per heavy atom. The lowest BCUT2D eigenvalue weighted by Crippen LogP contribution is -2.42. The van der Waals surface area contributed by atoms with E-state index in [4.69, 9.17) is 29.9 Å². The number of carbonyl (C=O) groups is 1. The van der Waals surface area contributed by atoms with Gasteiger partial charge in [0.25, 0.3) is 0 Å². The first-order chi connectivity index (χ1) is 38.9. The first kappa shape index (κ1) is 52.4. The molecule has 80 heavy (non-hydrogen) atoms. The second kappa shape index (κ2) is 22.1. The number of aliphatic hydroxyl groups is 6. The van der Waals surface area contributed by atoms with Crippen molar-refractivity contribution in [3.05, 3.63) is 48.1 Å². The quantitative estimate of drug-likeness (QED) is 0.0365. The standard InChI is InChI=1S/C45H62N28O7/c1-3-70-62-31(58-64-70)5-9-46-43-54-39(33-41(56-43)68(21-48-33)27-13-29(37(78)35(27)76)72-50-15-25(19-74)60-72)52-23-7-11-66(17-23)45(80)67-12-8-24(18-67)53-40-34-42(57-44(55-40)47-10-6-32-59-65-71(4-2)63-32)69(22-49-34)28-14-30(38(79)36(28)77)73-51-16-26(20-75)61-73/h15-16,21-24,27-30,35-38,74-79H,3-14,17-20H2,1-2H3,(H2,46,52,54,56)(H2,47,53,55,57)/t23-,24-,27-,28-,29+,30+,35+,36+,37-,38-/m1/s1. The zero-order valence-corrected chi connectivity index (χ0v) is 43.7. The van der Waals surface area contributed by atoms with Gasteiger partial charge in [0.05, 0.1) is 63.4 Å². The number of likely N-dealkylation sites (tertiary alicyclic amines) is 2. The maximum atomic E-state index is 14.3. The molecule has 4 aliphatic rings. The Morgan fingerprint density at radius 3 is 1.44 bits per heavy atom. The predicted molar refractivity (Wildman–Crippen MR) is 276 cm³/mol. The van der Waals surface area contributed by atoms with E-state index in [1.54, 1.807) is 21.8 Å². The summed E-state index contributed by atoms with van der Waals surface area (Å²) in [5.74, 6) is 2.47. The fourth-order valence-corrected chi connectivity index (χ4v) is 11.0. The monoisotopic (exact) mass is 1110 g/mol. The third kappa shape index (κ3) is 10.2. The maximum Gasteiger partial charge on any atom is 0.320 e. The number of hydrogen-bond acceptors (Lipinski definition) is 27. The van der Waals surface area contributed by atoms with E-state index in [1.807, 2.05) is 23.6 Å². The van der Waals surface area contributed by atoms with Crippen molar-refractivity contribution in [2.75, 3.05) is 60.5 Å². The Hall–Kier alpha value is -8.25. The minimum absolute atomic E-state index is 0.123. The van der Waals surface area contributed by atoms with Gasteiger partial charge >= 0.3 is 6.03 Å². The fraction of sp³-hybridized carbons (Fsp3) is 0.622. The Labute approximate surface area is 453 Å². The van der Waals surface area contributed by atoms with E-state index < -0.39 is 48.6 Å². The average molecular weight is 1110 g/mol. The summed E-state index contributed by atoms with van der Waals surface area (Å²) in [5, 5.41) is 120. The predicted octanol–water partition coefficient (Wildman–Crippen LogP) is -2.94. The van der Waals surface area contributed by atoms with Crippen LogP contribution in [0.4, 0.5) is 28.3 Å². The van der Waals surface area contributed by atoms with Gasteiger partial charge in [-0.05, 0) is 50.0 Å². The van der Waals surface area contributed by atoms with Gasteiger partial charge in [-0.3, -0.25) is 0 Å². The van der Waals surface area contributed by atoms with Crippen LogP contribution in [0.25, 0.3) is 22.3 Å². The molecule has 8 aromatic heterocycles. The van der Waals surface area contributed by atoms with Gasteiger partial charge in [0.2, 0.25) is 11.9 Å². The van der Waals surface area contributed by atoms with Gasteiger partial charge in [-0.15, -0.1) is 20.4 Å². The zero-order chi connectivity index (χ0) is 55.2. The summed E-state index contributed by atoms with van der Waals surface area (Å²) in [6.45, 7) is 6.81. The normalized spacial score (nSPS) is 25.0. The number of hydrogen-bond donors (Lipinski definition) is 10. The lowest BCUT2D eigenvalue weighted by atomic mass is 10.2. The Balaban J connectivity index is 0.739. The van der Waals surface area contributed by atoms with Crippen LogP contribution in [0.3, 0.4) is 0 Å². The largest absolute Gasteiger partial charge is 0.390 e. The van der Waals surface area contributed by atoms with Crippen LogP contribution in [0.1, 0.15) is 86.7 Å². The fourth-order valence-electron chi connectivity index (χ4n) is 11.0. The first-order valence-electron chi connectivity index (χ1n) is 26.8. The van der Waals surface area contributed by atoms with Crippen LogP contribution in [0.2, 0.25) is 0 Å². The van der Waals surface area contributed by atoms with Crippen LogP contribution in [0.15, 0.2) is 25.0 Å². The number of imidazole rings is 2. The topological polar surface area (TPSA) is 429 Å². The SMILES string of the molecule is CCn1nnc(CCNc2nc(N[C@@H]3CCN(C(=O)N4CC[C@@H](Nc5nc(NCCc6nnn(CC)n6)nc6c5ncn6[C@@H]5C[C@H](n6ncc(CO)n6)[C@@H](O)[C@H]5O)C4)C3)c3ncn([C@@H]4C[C@H](n5ncc(CO)n5)[C@@H](O)[C@H]4O)c3n2)n1. The molecule has 2 aliphatic carbocycles. The molecule has 0 radical (unpaired) electrons. The summed E-state index contributed by atoms with van der Waals surface area (Å²) in [7, 11) is 0. The van der Waals surface area contributed by atoms with E-state index in [0.717, 1.165) is 0 Å². The second-order valence-electron chi connectivity index (χ2n) is 20.3. The van der Waals surface area contributed by atoms with E-state index in [1.165, 1.54) is 31.6 Å². The summed E-state index contributed by atoms with van der Waals surface area (Å²) < 4.78 is 3.45. The number of tetrazole rings is 2. The molecule has 424 valence electrons. The molecule has 35 nitrogen and oxygen atoms in total. The summed E-state index contributed by atoms with van der Waals surface area (Å²) in [5.41, 5.74) is 2.33. The third-order valence-corrected chi connectivity index (χ3v) is 15.2. The van der Waals surface area contributed by atoms with Crippen LogP contribution in [-0.2, 0) is 39.1 Å². The summed E-state index contributed by atoms with van der Waals surface area (Å²) in [6, 6.07) is -3.28. The van der Waals surface area contributed by atoms with Crippen molar-refractivity contribution >= 4 is 51.9 Å². The molecule has 10 N–H and O–H groups in total. The van der Waals surface area contributed by atoms with Crippen LogP contribution < -0.4 is 21.3 Å². The van der Waals surface area contributed by atoms with Crippen molar-refractivity contribution in [1.29, 1.82) is 0 Å². The molecular formula is C45H62N28O7. The van der Waals surface area contributed by atoms with Crippen molar-refractivity contribution < 1.29 is 35.4 Å². The number of rotatable bonds is 20. The smallest absolute Gasteiger partial charge is 0.320 e. The zero-order valence-electron chi connectivity index (χ0n) is 43.7. The van der Waals surface area contributed by atoms with E-state index in [9.17, 15) is 35.4 Å². The lowest BCUT2D eigenvalue weighted by Gasteiger charge is -2.25. The molecule has 0 spiro atoms. The van der Waals surface area contributed by atoms with Crippen LogP contribution in [0, 0.1) is 0 Å². The Bertz CT molecular complexity index is 3230. The molecule has 2 aliphatic heterocycles. The van der Waals surface area contributed by atoms with Crippen molar-refractivity contribution in [1.82, 2.24) is 119 Å². The number of nitrogens with one attached hydrogen (secondary N) is 4. The van der Waals surface area contributed by atoms with E-state index >= 15 is 0 Å². The van der Waals surface area contributed by atoms with E-state index in [0.29, 0.717) is 135 Å². The van der Waals surface area contributed by atoms with Crippen LogP contribution in [0.5, 0.6) is 0 Å². The number of nitrogens with zero attached hydrogens (tertiary/aromatic N) is 24. The van der Waals surface area contributed by atoms with E-state index in [2.05, 4.69) is 72.5 Å². The number of amides is 2. The molecule has 12 rings (SSSR count). The number of fused-ring (bicyclic) bond motifs is 2. The third-order valence-electron chi connectivity index (χ3n) is 15.2. The van der Waals surface area contributed by atoms with Crippen LogP contribution in [-0.4, -0.2) is 232 Å². The van der Waals surface area contributed by atoms with Gasteiger partial charge in [-0.2, -0.15) is 59.5 Å². The molecule has 0 bridgehead atoms. The van der Waals surface area contributed by atoms with Gasteiger partial charge < -0.3 is 70.8 Å². The Morgan fingerprint density at radius 2 is 1.04 bits per heavy atom. The minimum atomic E-state index is -1.23. The summed E-state index contributed by atoms with van der Waals surface area (Å²) in [6.07, 6.45) is 3.61. The number of urea groups is 1. The molecular weight excluding hydrogens is 1040 g/mol. The molecule has 35 heteroatoms. The molecule has 2 amide bonds. The number of aryl methyl sites for hydroxylation is 2. The molecule has 2 saturated heterocycles. The number of aromatic nitrogens is 22. The number of aliphatic hydroxyl groups excluding tert-OH is 6. The minimum Gasteiger partial charge on any atom is -0.390 e. The van der Waals surface area contributed by atoms with Gasteiger partial charge in [0.15, 0.2) is 45.6 Å². The molecule has 2 saturated carbocycles. The van der Waals surface area contributed by atoms with Crippen LogP contribution >= 0.6 is 0 Å². The summed E-state index contributed by atoms with van der Waals surface area (Å²) >= 11 is 0. The highest BCUT2D eigenvalue weighted by molar-refractivity contribution is 5.86. The highest BCUT2D eigenvalue weighted by Crippen LogP contribution is 2.41. The van der Waals surface area contributed by atoms with Crippen molar-refractivity contribution in [2.45, 2.75) is 139 Å². The molecule has 4 fully saturated rings. The molecule has 8 aromatic rings. The van der Waals surface area contributed by atoms with Crippen molar-refractivity contribution in [2.24, 2.45) is 0 Å². The highest BCUT2D eigenvalue weighted by atomic mass is 16.3. The first-order valence-corrected chi connectivity index (χ1v) is 26.8. The number of carbonyl (C=O) groups excluding carboxylic acids is 1. The summed E-state index contributed by atoms with van der Waals surface area (Å²) in [4.78, 5) is 52.4. The number of anilines is 4. The average Bonchev–Trinajstić information content (AvgIpc) is 4.34. The van der Waals surface area contributed by atoms with Crippen molar-refractivity contribution in [3.8, 4) is 0 Å². The van der Waals surface area contributed by atoms with E-state index in [-0.39, 0.29) is 56.1 Å². The van der Waals surface area contributed by atoms with Gasteiger partial charge in [0.1, 0.15) is 47.9 Å². The van der Waals surface area contributed by atoms with Gasteiger partial charge in [-0.25, -0.2) is 14.8 Å². The maximum absolute atomic E-state index is 14.3. The molecule has 10 atom stereocenters. The lowest BCUT2D eigenvalue weighted by molar-refractivity contribution is 0.00491. The molecule has 10 heterocycles. The highest BCUT2D eigenvalue weighted by Gasteiger charge is 2.47. The second-order valence-corrected chi connectivity index (χ2v) is 20.3.